The number of aryl methyl sites for hydroxylation is 1. The molecule has 0 radical (unpaired) electrons. The zero-order chi connectivity index (χ0) is 22.8. The van der Waals surface area contributed by atoms with E-state index in [9.17, 15) is 9.59 Å². The molecule has 0 aliphatic carbocycles. The third-order valence-corrected chi connectivity index (χ3v) is 6.72. The fourth-order valence-electron chi connectivity index (χ4n) is 3.22. The molecular formula is C24H30Cl2N2O2S. The number of carbonyl (C=O) groups excluding carboxylic acids is 2. The van der Waals surface area contributed by atoms with Gasteiger partial charge >= 0.3 is 0 Å². The number of nitrogens with zero attached hydrogens (tertiary/aromatic N) is 1. The van der Waals surface area contributed by atoms with Crippen LogP contribution < -0.4 is 5.32 Å². The van der Waals surface area contributed by atoms with Crippen molar-refractivity contribution >= 4 is 46.8 Å². The van der Waals surface area contributed by atoms with E-state index in [1.165, 1.54) is 11.1 Å². The van der Waals surface area contributed by atoms with Crippen molar-refractivity contribution < 1.29 is 9.59 Å². The van der Waals surface area contributed by atoms with Gasteiger partial charge in [0, 0.05) is 18.8 Å². The maximum atomic E-state index is 13.2. The molecule has 0 aliphatic rings. The van der Waals surface area contributed by atoms with Crippen LogP contribution >= 0.6 is 35.0 Å². The van der Waals surface area contributed by atoms with Crippen LogP contribution in [0.1, 0.15) is 43.4 Å². The first-order valence-corrected chi connectivity index (χ1v) is 12.4. The van der Waals surface area contributed by atoms with Gasteiger partial charge in [0.1, 0.15) is 6.04 Å². The van der Waals surface area contributed by atoms with Crippen LogP contribution in [0.4, 0.5) is 0 Å². The van der Waals surface area contributed by atoms with E-state index in [1.807, 2.05) is 32.0 Å². The first kappa shape index (κ1) is 25.6. The highest BCUT2D eigenvalue weighted by atomic mass is 35.5. The summed E-state index contributed by atoms with van der Waals surface area (Å²) in [5, 5.41) is 3.82. The molecule has 0 heterocycles. The number of amides is 2. The molecule has 4 nitrogen and oxygen atoms in total. The maximum Gasteiger partial charge on any atom is 0.242 e. The van der Waals surface area contributed by atoms with Crippen molar-refractivity contribution in [2.75, 3.05) is 12.3 Å². The van der Waals surface area contributed by atoms with Gasteiger partial charge in [-0.05, 0) is 48.6 Å². The summed E-state index contributed by atoms with van der Waals surface area (Å²) in [5.41, 5.74) is 3.26. The SMILES string of the molecule is CCCNC(=O)C(CC)N(Cc1ccc(Cl)c(Cl)c1)C(=O)CSCc1ccccc1C. The molecule has 2 amide bonds. The highest BCUT2D eigenvalue weighted by Gasteiger charge is 2.28. The number of carbonyl (C=O) groups is 2. The van der Waals surface area contributed by atoms with Crippen LogP contribution in [0.5, 0.6) is 0 Å². The number of hydrogen-bond donors (Lipinski definition) is 1. The fraction of sp³-hybridized carbons (Fsp3) is 0.417. The van der Waals surface area contributed by atoms with Crippen molar-refractivity contribution in [3.05, 3.63) is 69.2 Å². The minimum Gasteiger partial charge on any atom is -0.354 e. The van der Waals surface area contributed by atoms with Crippen LogP contribution in [0.3, 0.4) is 0 Å². The minimum absolute atomic E-state index is 0.0665. The average Bonchev–Trinajstić information content (AvgIpc) is 2.75. The van der Waals surface area contributed by atoms with Crippen molar-refractivity contribution in [2.24, 2.45) is 0 Å². The van der Waals surface area contributed by atoms with Crippen molar-refractivity contribution in [1.29, 1.82) is 0 Å². The molecular weight excluding hydrogens is 451 g/mol. The molecule has 1 atom stereocenters. The third-order valence-electron chi connectivity index (χ3n) is 5.02. The summed E-state index contributed by atoms with van der Waals surface area (Å²) in [6.45, 7) is 6.89. The summed E-state index contributed by atoms with van der Waals surface area (Å²) < 4.78 is 0. The quantitative estimate of drug-likeness (QED) is 0.437. The number of rotatable bonds is 11. The van der Waals surface area contributed by atoms with E-state index in [0.717, 1.165) is 17.7 Å². The number of hydrogen-bond acceptors (Lipinski definition) is 3. The molecule has 1 unspecified atom stereocenters. The summed E-state index contributed by atoms with van der Waals surface area (Å²) in [6.07, 6.45) is 1.38. The van der Waals surface area contributed by atoms with Crippen LogP contribution in [-0.4, -0.2) is 35.1 Å². The van der Waals surface area contributed by atoms with Gasteiger partial charge < -0.3 is 10.2 Å². The van der Waals surface area contributed by atoms with Gasteiger partial charge in [0.2, 0.25) is 11.8 Å². The van der Waals surface area contributed by atoms with Gasteiger partial charge in [-0.3, -0.25) is 9.59 Å². The molecule has 1 N–H and O–H groups in total. The second-order valence-electron chi connectivity index (χ2n) is 7.40. The second-order valence-corrected chi connectivity index (χ2v) is 9.20. The first-order valence-electron chi connectivity index (χ1n) is 10.5. The van der Waals surface area contributed by atoms with Crippen LogP contribution in [-0.2, 0) is 21.9 Å². The Labute approximate surface area is 199 Å². The highest BCUT2D eigenvalue weighted by molar-refractivity contribution is 7.99. The van der Waals surface area contributed by atoms with E-state index in [2.05, 4.69) is 24.4 Å². The predicted molar refractivity (Wildman–Crippen MR) is 132 cm³/mol. The lowest BCUT2D eigenvalue weighted by atomic mass is 10.1. The van der Waals surface area contributed by atoms with E-state index >= 15 is 0 Å². The van der Waals surface area contributed by atoms with Gasteiger partial charge in [-0.15, -0.1) is 11.8 Å². The number of benzene rings is 2. The molecule has 2 aromatic carbocycles. The summed E-state index contributed by atoms with van der Waals surface area (Å²) >= 11 is 13.8. The molecule has 168 valence electrons. The lowest BCUT2D eigenvalue weighted by molar-refractivity contribution is -0.139. The van der Waals surface area contributed by atoms with E-state index in [1.54, 1.807) is 28.8 Å². The van der Waals surface area contributed by atoms with Crippen molar-refractivity contribution in [2.45, 2.75) is 52.0 Å². The monoisotopic (exact) mass is 480 g/mol. The lowest BCUT2D eigenvalue weighted by Gasteiger charge is -2.30. The number of nitrogens with one attached hydrogen (secondary N) is 1. The molecule has 7 heteroatoms. The Bertz CT molecular complexity index is 892. The number of thioether (sulfide) groups is 1. The first-order chi connectivity index (χ1) is 14.9. The van der Waals surface area contributed by atoms with E-state index < -0.39 is 6.04 Å². The Morgan fingerprint density at radius 3 is 2.48 bits per heavy atom. The van der Waals surface area contributed by atoms with Gasteiger partial charge in [0.15, 0.2) is 0 Å². The number of halogens is 2. The molecule has 0 saturated carbocycles. The molecule has 0 aromatic heterocycles. The van der Waals surface area contributed by atoms with Gasteiger partial charge in [-0.2, -0.15) is 0 Å². The minimum atomic E-state index is -0.535. The Morgan fingerprint density at radius 2 is 1.84 bits per heavy atom. The van der Waals surface area contributed by atoms with Crippen LogP contribution in [0.2, 0.25) is 10.0 Å². The van der Waals surface area contributed by atoms with Crippen LogP contribution in [0, 0.1) is 6.92 Å². The molecule has 0 bridgehead atoms. The summed E-state index contributed by atoms with van der Waals surface area (Å²) in [4.78, 5) is 27.7. The molecule has 2 aromatic rings. The maximum absolute atomic E-state index is 13.2. The topological polar surface area (TPSA) is 49.4 Å². The molecule has 31 heavy (non-hydrogen) atoms. The van der Waals surface area contributed by atoms with E-state index in [0.29, 0.717) is 35.3 Å². The van der Waals surface area contributed by atoms with Gasteiger partial charge in [-0.25, -0.2) is 0 Å². The normalized spacial score (nSPS) is 11.8. The van der Waals surface area contributed by atoms with Crippen LogP contribution in [0.15, 0.2) is 42.5 Å². The fourth-order valence-corrected chi connectivity index (χ4v) is 4.53. The van der Waals surface area contributed by atoms with Crippen molar-refractivity contribution in [3.8, 4) is 0 Å². The van der Waals surface area contributed by atoms with E-state index in [4.69, 9.17) is 23.2 Å². The molecule has 0 saturated heterocycles. The van der Waals surface area contributed by atoms with Crippen molar-refractivity contribution in [3.63, 3.8) is 0 Å². The van der Waals surface area contributed by atoms with Gasteiger partial charge in [-0.1, -0.05) is 67.4 Å². The summed E-state index contributed by atoms with van der Waals surface area (Å²) in [6, 6.07) is 12.9. The smallest absolute Gasteiger partial charge is 0.242 e. The zero-order valence-corrected chi connectivity index (χ0v) is 20.6. The lowest BCUT2D eigenvalue weighted by Crippen LogP contribution is -2.49. The van der Waals surface area contributed by atoms with Gasteiger partial charge in [0.25, 0.3) is 0 Å². The predicted octanol–water partition coefficient (Wildman–Crippen LogP) is 5.87. The molecule has 0 fully saturated rings. The second kappa shape index (κ2) is 13.0. The molecule has 0 aliphatic heterocycles. The molecule has 2 rings (SSSR count). The molecule has 0 spiro atoms. The summed E-state index contributed by atoms with van der Waals surface area (Å²) in [5.74, 6) is 0.857. The van der Waals surface area contributed by atoms with Crippen LogP contribution in [0.25, 0.3) is 0 Å². The Kier molecular flexibility index (Phi) is 10.7. The van der Waals surface area contributed by atoms with E-state index in [-0.39, 0.29) is 11.8 Å². The Hall–Kier alpha value is -1.69. The van der Waals surface area contributed by atoms with Gasteiger partial charge in [0.05, 0.1) is 15.8 Å². The standard InChI is InChI=1S/C24H30Cl2N2O2S/c1-4-12-27-24(30)22(5-2)28(14-18-10-11-20(25)21(26)13-18)23(29)16-31-15-19-9-7-6-8-17(19)3/h6-11,13,22H,4-5,12,14-16H2,1-3H3,(H,27,30). The zero-order valence-electron chi connectivity index (χ0n) is 18.3. The Balaban J connectivity index is 2.16. The average molecular weight is 481 g/mol. The van der Waals surface area contributed by atoms with Crippen molar-refractivity contribution in [1.82, 2.24) is 10.2 Å². The Morgan fingerprint density at radius 1 is 1.10 bits per heavy atom. The summed E-state index contributed by atoms with van der Waals surface area (Å²) in [7, 11) is 0. The largest absolute Gasteiger partial charge is 0.354 e. The highest BCUT2D eigenvalue weighted by Crippen LogP contribution is 2.25. The third kappa shape index (κ3) is 7.74.